The first-order valence-electron chi connectivity index (χ1n) is 7.42. The zero-order chi connectivity index (χ0) is 15.7. The predicted octanol–water partition coefficient (Wildman–Crippen LogP) is 3.62. The lowest BCUT2D eigenvalue weighted by molar-refractivity contribution is -0.131. The molecule has 0 heterocycles. The monoisotopic (exact) mass is 328 g/mol. The highest BCUT2D eigenvalue weighted by molar-refractivity contribution is 7.99. The summed E-state index contributed by atoms with van der Waals surface area (Å²) in [5.41, 5.74) is 0. The molecule has 0 N–H and O–H groups in total. The number of thioether (sulfide) groups is 1. The third kappa shape index (κ3) is 6.72. The number of halogens is 1. The van der Waals surface area contributed by atoms with Crippen LogP contribution in [0.5, 0.6) is 0 Å². The molecule has 0 aromatic heterocycles. The van der Waals surface area contributed by atoms with Gasteiger partial charge in [-0.1, -0.05) is 23.7 Å². The molecule has 1 amide bonds. The summed E-state index contributed by atoms with van der Waals surface area (Å²) in [5, 5.41) is 0.813. The van der Waals surface area contributed by atoms with E-state index in [9.17, 15) is 4.79 Å². The number of hydrogen-bond acceptors (Lipinski definition) is 3. The van der Waals surface area contributed by atoms with E-state index in [0.29, 0.717) is 6.54 Å². The number of nitrogens with zero attached hydrogens (tertiary/aromatic N) is 2. The van der Waals surface area contributed by atoms with Crippen LogP contribution in [0, 0.1) is 0 Å². The maximum Gasteiger partial charge on any atom is 0.236 e. The zero-order valence-electron chi connectivity index (χ0n) is 13.1. The minimum Gasteiger partial charge on any atom is -0.342 e. The van der Waals surface area contributed by atoms with Gasteiger partial charge in [0.25, 0.3) is 0 Å². The summed E-state index contributed by atoms with van der Waals surface area (Å²) in [7, 11) is 2.00. The van der Waals surface area contributed by atoms with E-state index in [1.807, 2.05) is 50.1 Å². The number of amides is 1. The molecule has 0 radical (unpaired) electrons. The Morgan fingerprint density at radius 2 is 1.90 bits per heavy atom. The van der Waals surface area contributed by atoms with Crippen molar-refractivity contribution in [3.05, 3.63) is 29.3 Å². The van der Waals surface area contributed by atoms with Gasteiger partial charge in [-0.3, -0.25) is 9.69 Å². The van der Waals surface area contributed by atoms with Gasteiger partial charge in [0.05, 0.1) is 11.6 Å². The fourth-order valence-corrected chi connectivity index (χ4v) is 3.24. The number of benzene rings is 1. The molecular formula is C16H25ClN2OS. The summed E-state index contributed by atoms with van der Waals surface area (Å²) >= 11 is 7.89. The van der Waals surface area contributed by atoms with Gasteiger partial charge < -0.3 is 4.90 Å². The van der Waals surface area contributed by atoms with Crippen LogP contribution >= 0.6 is 23.4 Å². The Morgan fingerprint density at radius 3 is 2.52 bits per heavy atom. The van der Waals surface area contributed by atoms with E-state index in [-0.39, 0.29) is 5.91 Å². The van der Waals surface area contributed by atoms with E-state index in [4.69, 9.17) is 11.6 Å². The molecule has 118 valence electrons. The Morgan fingerprint density at radius 1 is 1.24 bits per heavy atom. The molecule has 1 aromatic rings. The highest BCUT2D eigenvalue weighted by Crippen LogP contribution is 2.26. The van der Waals surface area contributed by atoms with Crippen molar-refractivity contribution in [2.24, 2.45) is 0 Å². The van der Waals surface area contributed by atoms with Crippen molar-refractivity contribution in [1.82, 2.24) is 9.80 Å². The zero-order valence-corrected chi connectivity index (χ0v) is 14.7. The fourth-order valence-electron chi connectivity index (χ4n) is 2.06. The van der Waals surface area contributed by atoms with Crippen molar-refractivity contribution in [3.63, 3.8) is 0 Å². The topological polar surface area (TPSA) is 23.6 Å². The van der Waals surface area contributed by atoms with Crippen LogP contribution in [-0.2, 0) is 4.79 Å². The van der Waals surface area contributed by atoms with E-state index in [1.54, 1.807) is 11.8 Å². The molecule has 5 heteroatoms. The molecular weight excluding hydrogens is 304 g/mol. The quantitative estimate of drug-likeness (QED) is 0.511. The lowest BCUT2D eigenvalue weighted by Gasteiger charge is -2.23. The van der Waals surface area contributed by atoms with Gasteiger partial charge in [-0.25, -0.2) is 0 Å². The second kappa shape index (κ2) is 10.1. The Labute approximate surface area is 137 Å². The smallest absolute Gasteiger partial charge is 0.236 e. The predicted molar refractivity (Wildman–Crippen MR) is 92.2 cm³/mol. The summed E-state index contributed by atoms with van der Waals surface area (Å²) < 4.78 is 0. The lowest BCUT2D eigenvalue weighted by atomic mass is 10.4. The number of carbonyl (C=O) groups excluding carboxylic acids is 1. The Balaban J connectivity index is 2.23. The first-order chi connectivity index (χ1) is 10.1. The van der Waals surface area contributed by atoms with Crippen LogP contribution < -0.4 is 0 Å². The molecule has 0 atom stereocenters. The Bertz CT molecular complexity index is 438. The van der Waals surface area contributed by atoms with E-state index in [2.05, 4.69) is 4.90 Å². The largest absolute Gasteiger partial charge is 0.342 e. The van der Waals surface area contributed by atoms with Crippen LogP contribution in [0.15, 0.2) is 29.2 Å². The second-order valence-corrected chi connectivity index (χ2v) is 6.48. The van der Waals surface area contributed by atoms with Crippen molar-refractivity contribution in [3.8, 4) is 0 Å². The highest BCUT2D eigenvalue weighted by Gasteiger charge is 2.11. The molecule has 3 nitrogen and oxygen atoms in total. The third-order valence-electron chi connectivity index (χ3n) is 3.30. The molecule has 0 aliphatic heterocycles. The summed E-state index contributed by atoms with van der Waals surface area (Å²) in [6.45, 7) is 7.02. The summed E-state index contributed by atoms with van der Waals surface area (Å²) in [6, 6.07) is 7.90. The molecule has 0 saturated carbocycles. The first kappa shape index (κ1) is 18.3. The van der Waals surface area contributed by atoms with Crippen LogP contribution in [0.25, 0.3) is 0 Å². The molecule has 21 heavy (non-hydrogen) atoms. The van der Waals surface area contributed by atoms with Crippen molar-refractivity contribution in [2.75, 3.05) is 39.0 Å². The Hall–Kier alpha value is -0.710. The van der Waals surface area contributed by atoms with Gasteiger partial charge in [-0.2, -0.15) is 0 Å². The maximum atomic E-state index is 12.0. The van der Waals surface area contributed by atoms with Crippen molar-refractivity contribution in [1.29, 1.82) is 0 Å². The van der Waals surface area contributed by atoms with Gasteiger partial charge in [-0.15, -0.1) is 11.8 Å². The van der Waals surface area contributed by atoms with Crippen LogP contribution in [-0.4, -0.2) is 54.7 Å². The average Bonchev–Trinajstić information content (AvgIpc) is 2.46. The van der Waals surface area contributed by atoms with Gasteiger partial charge in [0.2, 0.25) is 5.91 Å². The number of carbonyl (C=O) groups is 1. The Kier molecular flexibility index (Phi) is 8.81. The average molecular weight is 329 g/mol. The summed E-state index contributed by atoms with van der Waals surface area (Å²) in [4.78, 5) is 17.1. The highest BCUT2D eigenvalue weighted by atomic mass is 35.5. The van der Waals surface area contributed by atoms with E-state index >= 15 is 0 Å². The second-order valence-electron chi connectivity index (χ2n) is 4.94. The molecule has 0 spiro atoms. The summed E-state index contributed by atoms with van der Waals surface area (Å²) in [5.74, 6) is 1.22. The third-order valence-corrected chi connectivity index (χ3v) is 4.90. The van der Waals surface area contributed by atoms with E-state index < -0.39 is 0 Å². The van der Waals surface area contributed by atoms with Crippen LogP contribution in [0.1, 0.15) is 20.3 Å². The molecule has 0 fully saturated rings. The fraction of sp³-hybridized carbons (Fsp3) is 0.562. The van der Waals surface area contributed by atoms with Crippen molar-refractivity contribution >= 4 is 29.3 Å². The van der Waals surface area contributed by atoms with Crippen molar-refractivity contribution < 1.29 is 4.79 Å². The van der Waals surface area contributed by atoms with E-state index in [1.165, 1.54) is 0 Å². The minimum absolute atomic E-state index is 0.209. The van der Waals surface area contributed by atoms with Gasteiger partial charge in [0.1, 0.15) is 0 Å². The lowest BCUT2D eigenvalue weighted by Crippen LogP contribution is -2.39. The van der Waals surface area contributed by atoms with E-state index in [0.717, 1.165) is 41.7 Å². The van der Waals surface area contributed by atoms with Crippen LogP contribution in [0.4, 0.5) is 0 Å². The molecule has 0 unspecified atom stereocenters. The number of hydrogen-bond donors (Lipinski definition) is 0. The molecule has 0 aliphatic rings. The standard InChI is InChI=1S/C16H25ClN2OS/c1-4-19(5-2)16(20)13-18(3)11-8-12-21-15-10-7-6-9-14(15)17/h6-7,9-10H,4-5,8,11-13H2,1-3H3. The SMILES string of the molecule is CCN(CC)C(=O)CN(C)CCCSc1ccccc1Cl. The van der Waals surface area contributed by atoms with Crippen LogP contribution in [0.2, 0.25) is 5.02 Å². The van der Waals surface area contributed by atoms with Crippen LogP contribution in [0.3, 0.4) is 0 Å². The molecule has 0 aliphatic carbocycles. The maximum absolute atomic E-state index is 12.0. The van der Waals surface area contributed by atoms with Crippen molar-refractivity contribution in [2.45, 2.75) is 25.2 Å². The first-order valence-corrected chi connectivity index (χ1v) is 8.78. The molecule has 1 aromatic carbocycles. The molecule has 0 bridgehead atoms. The van der Waals surface area contributed by atoms with Gasteiger partial charge in [0.15, 0.2) is 0 Å². The molecule has 1 rings (SSSR count). The van der Waals surface area contributed by atoms with Gasteiger partial charge in [-0.05, 0) is 51.7 Å². The number of rotatable bonds is 9. The van der Waals surface area contributed by atoms with Gasteiger partial charge in [0, 0.05) is 18.0 Å². The molecule has 0 saturated heterocycles. The minimum atomic E-state index is 0.209. The normalized spacial score (nSPS) is 10.9. The number of likely N-dealkylation sites (N-methyl/N-ethyl adjacent to an activating group) is 2. The van der Waals surface area contributed by atoms with Gasteiger partial charge >= 0.3 is 0 Å². The summed E-state index contributed by atoms with van der Waals surface area (Å²) in [6.07, 6.45) is 1.04.